The molecule has 0 saturated carbocycles. The van der Waals surface area contributed by atoms with E-state index in [4.69, 9.17) is 9.97 Å². The van der Waals surface area contributed by atoms with Crippen LogP contribution in [-0.2, 0) is 0 Å². The number of aliphatic hydroxyl groups is 1. The van der Waals surface area contributed by atoms with Gasteiger partial charge in [0.1, 0.15) is 0 Å². The van der Waals surface area contributed by atoms with Gasteiger partial charge in [0, 0.05) is 11.8 Å². The Morgan fingerprint density at radius 2 is 1.26 bits per heavy atom. The van der Waals surface area contributed by atoms with Crippen LogP contribution in [0.25, 0.3) is 11.0 Å². The minimum absolute atomic E-state index is 0.132. The van der Waals surface area contributed by atoms with Crippen LogP contribution in [0.3, 0.4) is 0 Å². The zero-order valence-electron chi connectivity index (χ0n) is 13.0. The Kier molecular flexibility index (Phi) is 2.52. The van der Waals surface area contributed by atoms with Crippen molar-refractivity contribution in [1.29, 1.82) is 0 Å². The van der Waals surface area contributed by atoms with Crippen molar-refractivity contribution in [3.63, 3.8) is 0 Å². The maximum atomic E-state index is 10.9. The number of nitrogens with zero attached hydrogens (tertiary/aromatic N) is 2. The fourth-order valence-corrected chi connectivity index (χ4v) is 4.36. The molecule has 0 fully saturated rings. The molecule has 1 aromatic heterocycles. The quantitative estimate of drug-likeness (QED) is 0.688. The van der Waals surface area contributed by atoms with Crippen molar-refractivity contribution in [2.24, 2.45) is 0 Å². The molecule has 3 nitrogen and oxygen atoms in total. The lowest BCUT2D eigenvalue weighted by Gasteiger charge is -2.28. The van der Waals surface area contributed by atoms with E-state index in [1.54, 1.807) is 0 Å². The summed E-state index contributed by atoms with van der Waals surface area (Å²) < 4.78 is 0. The van der Waals surface area contributed by atoms with Crippen molar-refractivity contribution in [3.05, 3.63) is 71.0 Å². The van der Waals surface area contributed by atoms with E-state index in [1.807, 2.05) is 31.2 Å². The number of rotatable bonds is 0. The smallest absolute Gasteiger partial charge is 0.0890 e. The lowest BCUT2D eigenvalue weighted by Crippen LogP contribution is -2.25. The Balaban J connectivity index is 1.85. The van der Waals surface area contributed by atoms with Crippen molar-refractivity contribution < 1.29 is 5.11 Å². The Hall–Kier alpha value is -2.26. The number of fused-ring (bicyclic) bond motifs is 3. The molecule has 0 radical (unpaired) electrons. The SMILES string of the molecule is CC1(O)CC2c3ccccc3C(C1)c1nc3ccccc3nc12. The first-order valence-electron chi connectivity index (χ1n) is 8.20. The summed E-state index contributed by atoms with van der Waals surface area (Å²) in [7, 11) is 0. The van der Waals surface area contributed by atoms with E-state index in [1.165, 1.54) is 11.1 Å². The monoisotopic (exact) mass is 302 g/mol. The zero-order chi connectivity index (χ0) is 15.6. The van der Waals surface area contributed by atoms with Gasteiger partial charge in [-0.1, -0.05) is 36.4 Å². The second-order valence-corrected chi connectivity index (χ2v) is 7.12. The number of para-hydroxylation sites is 2. The average molecular weight is 302 g/mol. The van der Waals surface area contributed by atoms with E-state index in [2.05, 4.69) is 24.3 Å². The van der Waals surface area contributed by atoms with E-state index in [9.17, 15) is 5.11 Å². The predicted molar refractivity (Wildman–Crippen MR) is 89.5 cm³/mol. The molecule has 6 rings (SSSR count). The van der Waals surface area contributed by atoms with E-state index in [-0.39, 0.29) is 11.8 Å². The molecule has 3 aromatic rings. The molecule has 1 heterocycles. The molecule has 3 heteroatoms. The van der Waals surface area contributed by atoms with Gasteiger partial charge in [-0.15, -0.1) is 0 Å². The Bertz CT molecular complexity index is 858. The molecule has 2 atom stereocenters. The fourth-order valence-electron chi connectivity index (χ4n) is 4.36. The molecular weight excluding hydrogens is 284 g/mol. The van der Waals surface area contributed by atoms with Gasteiger partial charge in [0.2, 0.25) is 0 Å². The predicted octanol–water partition coefficient (Wildman–Crippen LogP) is 3.75. The first kappa shape index (κ1) is 13.2. The maximum Gasteiger partial charge on any atom is 0.0890 e. The van der Waals surface area contributed by atoms with Crippen LogP contribution in [-0.4, -0.2) is 20.7 Å². The number of hydrogen-bond donors (Lipinski definition) is 1. The molecule has 114 valence electrons. The van der Waals surface area contributed by atoms with E-state index < -0.39 is 5.60 Å². The Morgan fingerprint density at radius 3 is 1.74 bits per heavy atom. The standard InChI is InChI=1S/C20H18N2O/c1-20(23)10-14-12-6-2-3-7-13(12)15(11-20)19-18(14)21-16-8-4-5-9-17(16)22-19/h2-9,14-15,23H,10-11H2,1H3. The van der Waals surface area contributed by atoms with Crippen molar-refractivity contribution in [1.82, 2.24) is 9.97 Å². The van der Waals surface area contributed by atoms with Crippen molar-refractivity contribution >= 4 is 11.0 Å². The van der Waals surface area contributed by atoms with Gasteiger partial charge < -0.3 is 5.11 Å². The third kappa shape index (κ3) is 1.86. The third-order valence-electron chi connectivity index (χ3n) is 5.32. The van der Waals surface area contributed by atoms with Crippen molar-refractivity contribution in [3.8, 4) is 0 Å². The van der Waals surface area contributed by atoms with Crippen LogP contribution >= 0.6 is 0 Å². The largest absolute Gasteiger partial charge is 0.390 e. The van der Waals surface area contributed by atoms with Gasteiger partial charge in [0.05, 0.1) is 28.0 Å². The van der Waals surface area contributed by atoms with Gasteiger partial charge >= 0.3 is 0 Å². The molecule has 0 spiro atoms. The number of benzene rings is 2. The molecule has 2 bridgehead atoms. The van der Waals surface area contributed by atoms with Crippen molar-refractivity contribution in [2.75, 3.05) is 0 Å². The Morgan fingerprint density at radius 1 is 0.826 bits per heavy atom. The molecule has 0 amide bonds. The minimum Gasteiger partial charge on any atom is -0.390 e. The van der Waals surface area contributed by atoms with Crippen LogP contribution in [0.4, 0.5) is 0 Å². The van der Waals surface area contributed by atoms with E-state index in [0.717, 1.165) is 22.4 Å². The Labute approximate surface area is 135 Å². The molecule has 0 saturated heterocycles. The van der Waals surface area contributed by atoms with Crippen LogP contribution in [0.5, 0.6) is 0 Å². The van der Waals surface area contributed by atoms with Crippen LogP contribution in [0.2, 0.25) is 0 Å². The first-order valence-corrected chi connectivity index (χ1v) is 8.20. The summed E-state index contributed by atoms with van der Waals surface area (Å²) in [5.74, 6) is 0.263. The lowest BCUT2D eigenvalue weighted by molar-refractivity contribution is 0.0401. The topological polar surface area (TPSA) is 46.0 Å². The fraction of sp³-hybridized carbons (Fsp3) is 0.300. The molecular formula is C20H18N2O. The molecule has 2 unspecified atom stereocenters. The van der Waals surface area contributed by atoms with Crippen LogP contribution in [0.15, 0.2) is 48.5 Å². The minimum atomic E-state index is -0.692. The highest BCUT2D eigenvalue weighted by Gasteiger charge is 2.44. The highest BCUT2D eigenvalue weighted by molar-refractivity contribution is 5.75. The highest BCUT2D eigenvalue weighted by atomic mass is 16.3. The van der Waals surface area contributed by atoms with Crippen LogP contribution in [0.1, 0.15) is 54.1 Å². The van der Waals surface area contributed by atoms with Gasteiger partial charge in [-0.05, 0) is 43.0 Å². The second-order valence-electron chi connectivity index (χ2n) is 7.12. The van der Waals surface area contributed by atoms with Crippen LogP contribution < -0.4 is 0 Å². The molecule has 3 aliphatic rings. The molecule has 0 aliphatic heterocycles. The molecule has 23 heavy (non-hydrogen) atoms. The summed E-state index contributed by atoms with van der Waals surface area (Å²) in [6, 6.07) is 16.6. The zero-order valence-corrected chi connectivity index (χ0v) is 13.0. The van der Waals surface area contributed by atoms with Crippen molar-refractivity contribution in [2.45, 2.75) is 37.2 Å². The van der Waals surface area contributed by atoms with Gasteiger partial charge in [0.25, 0.3) is 0 Å². The van der Waals surface area contributed by atoms with Crippen LogP contribution in [0, 0.1) is 0 Å². The highest BCUT2D eigenvalue weighted by Crippen LogP contribution is 2.52. The average Bonchev–Trinajstić information content (AvgIpc) is 2.75. The molecule has 3 aliphatic carbocycles. The summed E-state index contributed by atoms with van der Waals surface area (Å²) in [5.41, 5.74) is 5.94. The van der Waals surface area contributed by atoms with Gasteiger partial charge in [-0.3, -0.25) is 0 Å². The maximum absolute atomic E-state index is 10.9. The summed E-state index contributed by atoms with van der Waals surface area (Å²) >= 11 is 0. The molecule has 2 aromatic carbocycles. The summed E-state index contributed by atoms with van der Waals surface area (Å²) in [6.45, 7) is 1.95. The lowest BCUT2D eigenvalue weighted by atomic mass is 9.78. The van der Waals surface area contributed by atoms with Gasteiger partial charge in [0.15, 0.2) is 0 Å². The van der Waals surface area contributed by atoms with Gasteiger partial charge in [-0.25, -0.2) is 9.97 Å². The van der Waals surface area contributed by atoms with E-state index in [0.29, 0.717) is 12.8 Å². The second kappa shape index (κ2) is 4.39. The normalized spacial score (nSPS) is 28.3. The third-order valence-corrected chi connectivity index (χ3v) is 5.32. The van der Waals surface area contributed by atoms with E-state index >= 15 is 0 Å². The summed E-state index contributed by atoms with van der Waals surface area (Å²) in [5, 5.41) is 10.9. The number of hydrogen-bond acceptors (Lipinski definition) is 3. The summed E-state index contributed by atoms with van der Waals surface area (Å²) in [4.78, 5) is 9.90. The molecule has 1 N–H and O–H groups in total. The summed E-state index contributed by atoms with van der Waals surface area (Å²) in [6.07, 6.45) is 1.42. The van der Waals surface area contributed by atoms with Gasteiger partial charge in [-0.2, -0.15) is 0 Å². The number of aromatic nitrogens is 2. The first-order chi connectivity index (χ1) is 11.1.